The molecule has 182 valence electrons. The lowest BCUT2D eigenvalue weighted by molar-refractivity contribution is 0.0222. The third kappa shape index (κ3) is 4.24. The van der Waals surface area contributed by atoms with Crippen molar-refractivity contribution in [3.05, 3.63) is 78.8 Å². The van der Waals surface area contributed by atoms with Crippen LogP contribution in [-0.4, -0.2) is 38.1 Å². The second kappa shape index (κ2) is 8.55. The van der Waals surface area contributed by atoms with E-state index in [1.165, 1.54) is 16.7 Å². The maximum Gasteiger partial charge on any atom is 0.410 e. The van der Waals surface area contributed by atoms with Crippen molar-refractivity contribution in [2.75, 3.05) is 6.54 Å². The fourth-order valence-electron chi connectivity index (χ4n) is 5.11. The van der Waals surface area contributed by atoms with Gasteiger partial charge >= 0.3 is 6.09 Å². The van der Waals surface area contributed by atoms with Crippen LogP contribution >= 0.6 is 0 Å². The van der Waals surface area contributed by atoms with E-state index in [1.807, 2.05) is 31.7 Å². The first-order valence-electron chi connectivity index (χ1n) is 12.5. The van der Waals surface area contributed by atoms with Gasteiger partial charge in [0.2, 0.25) is 0 Å². The van der Waals surface area contributed by atoms with Crippen molar-refractivity contribution in [2.45, 2.75) is 45.3 Å². The SMILES string of the molecule is CC(C)(C)OC(=O)N1CCCC1c1cc2cc(-c3ccc(-c4ccc5nc[nH]c5c4)cc3)ccc2[nH]1. The van der Waals surface area contributed by atoms with Crippen molar-refractivity contribution in [3.63, 3.8) is 0 Å². The lowest BCUT2D eigenvalue weighted by Crippen LogP contribution is -2.36. The highest BCUT2D eigenvalue weighted by Crippen LogP contribution is 2.35. The van der Waals surface area contributed by atoms with Gasteiger partial charge in [-0.15, -0.1) is 0 Å². The molecule has 1 amide bonds. The van der Waals surface area contributed by atoms with Crippen molar-refractivity contribution in [2.24, 2.45) is 0 Å². The Labute approximate surface area is 210 Å². The summed E-state index contributed by atoms with van der Waals surface area (Å²) in [6.07, 6.45) is 3.40. The van der Waals surface area contributed by atoms with Gasteiger partial charge < -0.3 is 14.7 Å². The molecule has 0 bridgehead atoms. The van der Waals surface area contributed by atoms with Crippen molar-refractivity contribution in [1.29, 1.82) is 0 Å². The van der Waals surface area contributed by atoms with E-state index < -0.39 is 5.60 Å². The van der Waals surface area contributed by atoms with E-state index in [9.17, 15) is 4.79 Å². The minimum absolute atomic E-state index is 0.0159. The molecule has 0 aliphatic carbocycles. The molecule has 0 radical (unpaired) electrons. The van der Waals surface area contributed by atoms with E-state index in [2.05, 4.69) is 75.6 Å². The van der Waals surface area contributed by atoms with Crippen molar-refractivity contribution >= 4 is 28.0 Å². The van der Waals surface area contributed by atoms with Crippen molar-refractivity contribution in [1.82, 2.24) is 19.9 Å². The number of benzene rings is 3. The molecule has 0 saturated carbocycles. The first-order chi connectivity index (χ1) is 17.3. The number of nitrogens with zero attached hydrogens (tertiary/aromatic N) is 2. The van der Waals surface area contributed by atoms with Crippen LogP contribution in [0.25, 0.3) is 44.2 Å². The van der Waals surface area contributed by atoms with E-state index >= 15 is 0 Å². The minimum Gasteiger partial charge on any atom is -0.444 e. The predicted octanol–water partition coefficient (Wildman–Crippen LogP) is 7.45. The number of rotatable bonds is 3. The Morgan fingerprint density at radius 2 is 1.61 bits per heavy atom. The smallest absolute Gasteiger partial charge is 0.410 e. The fourth-order valence-corrected chi connectivity index (χ4v) is 5.11. The molecule has 6 nitrogen and oxygen atoms in total. The van der Waals surface area contributed by atoms with Crippen LogP contribution in [0.5, 0.6) is 0 Å². The number of fused-ring (bicyclic) bond motifs is 2. The van der Waals surface area contributed by atoms with Gasteiger partial charge in [-0.05, 0) is 86.2 Å². The van der Waals surface area contributed by atoms with Gasteiger partial charge in [0.15, 0.2) is 0 Å². The van der Waals surface area contributed by atoms with Gasteiger partial charge in [-0.25, -0.2) is 9.78 Å². The Hall–Kier alpha value is -4.06. The zero-order chi connectivity index (χ0) is 24.9. The summed E-state index contributed by atoms with van der Waals surface area (Å²) in [4.78, 5) is 25.7. The monoisotopic (exact) mass is 478 g/mol. The Morgan fingerprint density at radius 3 is 2.36 bits per heavy atom. The average Bonchev–Trinajstić information content (AvgIpc) is 3.61. The molecule has 1 saturated heterocycles. The van der Waals surface area contributed by atoms with Crippen LogP contribution < -0.4 is 0 Å². The summed E-state index contributed by atoms with van der Waals surface area (Å²) in [5.74, 6) is 0. The Bertz CT molecular complexity index is 1560. The maximum absolute atomic E-state index is 12.8. The third-order valence-corrected chi connectivity index (χ3v) is 6.85. The number of aromatic nitrogens is 3. The lowest BCUT2D eigenvalue weighted by atomic mass is 9.99. The molecule has 36 heavy (non-hydrogen) atoms. The summed E-state index contributed by atoms with van der Waals surface area (Å²) in [5.41, 5.74) is 8.32. The van der Waals surface area contributed by atoms with E-state index in [4.69, 9.17) is 4.74 Å². The highest BCUT2D eigenvalue weighted by molar-refractivity contribution is 5.87. The van der Waals surface area contributed by atoms with Gasteiger partial charge in [0.25, 0.3) is 0 Å². The maximum atomic E-state index is 12.8. The Kier molecular flexibility index (Phi) is 5.32. The number of nitrogens with one attached hydrogen (secondary N) is 2. The summed E-state index contributed by atoms with van der Waals surface area (Å²) in [6.45, 7) is 6.44. The van der Waals surface area contributed by atoms with Crippen LogP contribution in [0.15, 0.2) is 73.1 Å². The predicted molar refractivity (Wildman–Crippen MR) is 144 cm³/mol. The molecule has 0 spiro atoms. The number of ether oxygens (including phenoxy) is 1. The molecule has 3 heterocycles. The average molecular weight is 479 g/mol. The van der Waals surface area contributed by atoms with Gasteiger partial charge in [0.1, 0.15) is 5.60 Å². The van der Waals surface area contributed by atoms with Gasteiger partial charge in [0, 0.05) is 23.1 Å². The molecule has 5 aromatic rings. The quantitative estimate of drug-likeness (QED) is 0.283. The molecule has 6 heteroatoms. The van der Waals surface area contributed by atoms with Crippen LogP contribution in [-0.2, 0) is 4.74 Å². The standard InChI is InChI=1S/C30H30N4O2/c1-30(2,3)36-29(35)34-14-4-5-28(34)27-17-23-15-21(10-12-24(23)33-27)19-6-8-20(9-7-19)22-11-13-25-26(16-22)32-18-31-25/h6-13,15-18,28,33H,4-5,14H2,1-3H3,(H,31,32). The number of H-pyrrole nitrogens is 2. The number of hydrogen-bond acceptors (Lipinski definition) is 3. The molecule has 1 atom stereocenters. The summed E-state index contributed by atoms with van der Waals surface area (Å²) in [5, 5.41) is 1.15. The largest absolute Gasteiger partial charge is 0.444 e. The molecule has 6 rings (SSSR count). The van der Waals surface area contributed by atoms with E-state index in [0.717, 1.165) is 52.6 Å². The molecule has 1 aliphatic rings. The number of aromatic amines is 2. The van der Waals surface area contributed by atoms with Crippen LogP contribution in [0, 0.1) is 0 Å². The second-order valence-electron chi connectivity index (χ2n) is 10.6. The third-order valence-electron chi connectivity index (χ3n) is 6.85. The first kappa shape index (κ1) is 22.4. The van der Waals surface area contributed by atoms with Crippen LogP contribution in [0.2, 0.25) is 0 Å². The van der Waals surface area contributed by atoms with Gasteiger partial charge in [-0.3, -0.25) is 4.90 Å². The van der Waals surface area contributed by atoms with Crippen LogP contribution in [0.3, 0.4) is 0 Å². The first-order valence-corrected chi connectivity index (χ1v) is 12.5. The molecule has 1 fully saturated rings. The van der Waals surface area contributed by atoms with Crippen LogP contribution in [0.1, 0.15) is 45.3 Å². The molecular formula is C30H30N4O2. The number of imidazole rings is 1. The fraction of sp³-hybridized carbons (Fsp3) is 0.267. The molecule has 2 aromatic heterocycles. The summed E-state index contributed by atoms with van der Waals surface area (Å²) in [6, 6.07) is 23.6. The van der Waals surface area contributed by atoms with Crippen molar-refractivity contribution in [3.8, 4) is 22.3 Å². The van der Waals surface area contributed by atoms with E-state index in [-0.39, 0.29) is 12.1 Å². The molecular weight excluding hydrogens is 448 g/mol. The minimum atomic E-state index is -0.499. The number of amides is 1. The van der Waals surface area contributed by atoms with Gasteiger partial charge in [-0.1, -0.05) is 36.4 Å². The molecule has 3 aromatic carbocycles. The summed E-state index contributed by atoms with van der Waals surface area (Å²) >= 11 is 0. The highest BCUT2D eigenvalue weighted by Gasteiger charge is 2.34. The topological polar surface area (TPSA) is 74.0 Å². The number of hydrogen-bond donors (Lipinski definition) is 2. The second-order valence-corrected chi connectivity index (χ2v) is 10.6. The van der Waals surface area contributed by atoms with Gasteiger partial charge in [-0.2, -0.15) is 0 Å². The van der Waals surface area contributed by atoms with E-state index in [0.29, 0.717) is 0 Å². The molecule has 1 aliphatic heterocycles. The number of carbonyl (C=O) groups excluding carboxylic acids is 1. The number of carbonyl (C=O) groups is 1. The van der Waals surface area contributed by atoms with Crippen LogP contribution in [0.4, 0.5) is 4.79 Å². The number of likely N-dealkylation sites (tertiary alicyclic amines) is 1. The zero-order valence-electron chi connectivity index (χ0n) is 20.8. The van der Waals surface area contributed by atoms with Gasteiger partial charge in [0.05, 0.1) is 23.4 Å². The summed E-state index contributed by atoms with van der Waals surface area (Å²) < 4.78 is 5.65. The zero-order valence-corrected chi connectivity index (χ0v) is 20.8. The highest BCUT2D eigenvalue weighted by atomic mass is 16.6. The Balaban J connectivity index is 1.25. The molecule has 1 unspecified atom stereocenters. The molecule has 2 N–H and O–H groups in total. The summed E-state index contributed by atoms with van der Waals surface area (Å²) in [7, 11) is 0. The van der Waals surface area contributed by atoms with Crippen molar-refractivity contribution < 1.29 is 9.53 Å². The van der Waals surface area contributed by atoms with E-state index in [1.54, 1.807) is 6.33 Å². The normalized spacial score (nSPS) is 16.2. The Morgan fingerprint density at radius 1 is 0.917 bits per heavy atom. The lowest BCUT2D eigenvalue weighted by Gasteiger charge is -2.28.